The molecule has 146 valence electrons. The Kier molecular flexibility index (Phi) is 6.92. The van der Waals surface area contributed by atoms with Crippen molar-refractivity contribution in [3.63, 3.8) is 0 Å². The molecule has 1 unspecified atom stereocenters. The molecule has 0 N–H and O–H groups in total. The number of carbonyl (C=O) groups is 1. The van der Waals surface area contributed by atoms with Gasteiger partial charge in [-0.1, -0.05) is 6.07 Å². The average Bonchev–Trinajstić information content (AvgIpc) is 3.43. The van der Waals surface area contributed by atoms with Crippen LogP contribution in [0.15, 0.2) is 18.2 Å². The number of rotatable bonds is 10. The molecule has 0 aromatic heterocycles. The van der Waals surface area contributed by atoms with Crippen molar-refractivity contribution in [1.29, 1.82) is 0 Å². The van der Waals surface area contributed by atoms with Crippen LogP contribution in [0, 0.1) is 5.92 Å². The first-order valence-corrected chi connectivity index (χ1v) is 10.9. The van der Waals surface area contributed by atoms with Crippen LogP contribution in [0.4, 0.5) is 0 Å². The number of methoxy groups -OCH3 is 2. The minimum absolute atomic E-state index is 0.0415. The number of benzene rings is 1. The maximum absolute atomic E-state index is 12.1. The van der Waals surface area contributed by atoms with E-state index in [1.54, 1.807) is 26.2 Å². The minimum Gasteiger partial charge on any atom is -0.493 e. The quantitative estimate of drug-likeness (QED) is 0.621. The van der Waals surface area contributed by atoms with Crippen LogP contribution in [0.3, 0.4) is 0 Å². The van der Waals surface area contributed by atoms with Crippen LogP contribution in [-0.2, 0) is 14.6 Å². The van der Waals surface area contributed by atoms with Gasteiger partial charge in [0.1, 0.15) is 9.84 Å². The zero-order valence-corrected chi connectivity index (χ0v) is 16.8. The van der Waals surface area contributed by atoms with Crippen LogP contribution in [0.25, 0.3) is 0 Å². The van der Waals surface area contributed by atoms with E-state index in [9.17, 15) is 13.2 Å². The molecule has 1 atom stereocenters. The zero-order valence-electron chi connectivity index (χ0n) is 16.0. The lowest BCUT2D eigenvalue weighted by Gasteiger charge is -2.23. The second-order valence-corrected chi connectivity index (χ2v) is 9.30. The highest BCUT2D eigenvalue weighted by Gasteiger charge is 2.33. The molecule has 0 bridgehead atoms. The van der Waals surface area contributed by atoms with E-state index in [0.29, 0.717) is 29.9 Å². The van der Waals surface area contributed by atoms with E-state index in [2.05, 4.69) is 6.07 Å². The van der Waals surface area contributed by atoms with Gasteiger partial charge in [0.2, 0.25) is 5.91 Å². The van der Waals surface area contributed by atoms with Crippen molar-refractivity contribution in [3.05, 3.63) is 23.8 Å². The van der Waals surface area contributed by atoms with Crippen molar-refractivity contribution < 1.29 is 22.7 Å². The standard InChI is InChI=1S/C19H29NO5S/c1-20(19(21)10-12-26(4,22)23)11-9-16(14-5-6-14)15-7-8-17(24-2)18(13-15)25-3/h7-8,13-14,16H,5-6,9-12H2,1-4H3. The summed E-state index contributed by atoms with van der Waals surface area (Å²) in [6.45, 7) is 0.609. The lowest BCUT2D eigenvalue weighted by Crippen LogP contribution is -2.30. The number of sulfone groups is 1. The smallest absolute Gasteiger partial charge is 0.223 e. The Bertz CT molecular complexity index is 727. The molecule has 1 aliphatic rings. The summed E-state index contributed by atoms with van der Waals surface area (Å²) in [5.74, 6) is 2.19. The zero-order chi connectivity index (χ0) is 19.3. The van der Waals surface area contributed by atoms with Gasteiger partial charge in [-0.3, -0.25) is 4.79 Å². The van der Waals surface area contributed by atoms with E-state index < -0.39 is 9.84 Å². The molecule has 0 heterocycles. The molecule has 0 saturated heterocycles. The summed E-state index contributed by atoms with van der Waals surface area (Å²) in [4.78, 5) is 13.8. The normalized spacial score (nSPS) is 15.4. The van der Waals surface area contributed by atoms with Crippen LogP contribution in [0.5, 0.6) is 11.5 Å². The van der Waals surface area contributed by atoms with Crippen molar-refractivity contribution in [3.8, 4) is 11.5 Å². The van der Waals surface area contributed by atoms with E-state index >= 15 is 0 Å². The first-order valence-electron chi connectivity index (χ1n) is 8.88. The molecule has 0 radical (unpaired) electrons. The van der Waals surface area contributed by atoms with Gasteiger partial charge in [-0.2, -0.15) is 0 Å². The lowest BCUT2D eigenvalue weighted by atomic mass is 9.90. The molecule has 1 aliphatic carbocycles. The molecule has 1 fully saturated rings. The summed E-state index contributed by atoms with van der Waals surface area (Å²) >= 11 is 0. The van der Waals surface area contributed by atoms with E-state index in [1.807, 2.05) is 12.1 Å². The monoisotopic (exact) mass is 383 g/mol. The Balaban J connectivity index is 2.00. The minimum atomic E-state index is -3.12. The molecule has 2 rings (SSSR count). The highest BCUT2D eigenvalue weighted by atomic mass is 32.2. The number of amides is 1. The van der Waals surface area contributed by atoms with E-state index in [1.165, 1.54) is 18.4 Å². The van der Waals surface area contributed by atoms with Crippen molar-refractivity contribution in [2.45, 2.75) is 31.6 Å². The predicted molar refractivity (Wildman–Crippen MR) is 102 cm³/mol. The molecule has 1 aromatic rings. The predicted octanol–water partition coefficient (Wildman–Crippen LogP) is 2.48. The van der Waals surface area contributed by atoms with Gasteiger partial charge in [0, 0.05) is 26.3 Å². The van der Waals surface area contributed by atoms with Crippen molar-refractivity contribution in [2.24, 2.45) is 5.92 Å². The molecular formula is C19H29NO5S. The van der Waals surface area contributed by atoms with E-state index in [0.717, 1.165) is 12.7 Å². The molecule has 26 heavy (non-hydrogen) atoms. The summed E-state index contributed by atoms with van der Waals surface area (Å²) in [7, 11) is 1.87. The van der Waals surface area contributed by atoms with Gasteiger partial charge in [-0.25, -0.2) is 8.42 Å². The Morgan fingerprint density at radius 2 is 1.88 bits per heavy atom. The molecular weight excluding hydrogens is 354 g/mol. The number of hydrogen-bond donors (Lipinski definition) is 0. The van der Waals surface area contributed by atoms with Crippen molar-refractivity contribution >= 4 is 15.7 Å². The lowest BCUT2D eigenvalue weighted by molar-refractivity contribution is -0.129. The van der Waals surface area contributed by atoms with E-state index in [4.69, 9.17) is 9.47 Å². The van der Waals surface area contributed by atoms with Crippen molar-refractivity contribution in [1.82, 2.24) is 4.90 Å². The van der Waals surface area contributed by atoms with Gasteiger partial charge in [0.05, 0.1) is 20.0 Å². The van der Waals surface area contributed by atoms with Crippen LogP contribution in [0.2, 0.25) is 0 Å². The van der Waals surface area contributed by atoms with Gasteiger partial charge in [0.25, 0.3) is 0 Å². The molecule has 1 amide bonds. The fourth-order valence-corrected chi connectivity index (χ4v) is 3.72. The third-order valence-corrected chi connectivity index (χ3v) is 5.86. The van der Waals surface area contributed by atoms with Crippen LogP contribution in [0.1, 0.15) is 37.2 Å². The number of carbonyl (C=O) groups excluding carboxylic acids is 1. The maximum Gasteiger partial charge on any atom is 0.223 e. The Labute approximate surface area is 156 Å². The van der Waals surface area contributed by atoms with Crippen LogP contribution >= 0.6 is 0 Å². The Morgan fingerprint density at radius 3 is 2.42 bits per heavy atom. The fourth-order valence-electron chi connectivity index (χ4n) is 3.18. The number of ether oxygens (including phenoxy) is 2. The SMILES string of the molecule is COc1ccc(C(CCN(C)C(=O)CCS(C)(=O)=O)C2CC2)cc1OC. The molecule has 0 spiro atoms. The van der Waals surface area contributed by atoms with Crippen molar-refractivity contribution in [2.75, 3.05) is 39.8 Å². The van der Waals surface area contributed by atoms with Gasteiger partial charge < -0.3 is 14.4 Å². The molecule has 0 aliphatic heterocycles. The highest BCUT2D eigenvalue weighted by molar-refractivity contribution is 7.90. The second-order valence-electron chi connectivity index (χ2n) is 7.04. The summed E-state index contributed by atoms with van der Waals surface area (Å²) in [6.07, 6.45) is 4.44. The molecule has 1 aromatic carbocycles. The number of nitrogens with zero attached hydrogens (tertiary/aromatic N) is 1. The maximum atomic E-state index is 12.1. The topological polar surface area (TPSA) is 72.9 Å². The first kappa shape index (κ1) is 20.6. The van der Waals surface area contributed by atoms with E-state index in [-0.39, 0.29) is 18.1 Å². The van der Waals surface area contributed by atoms with Crippen LogP contribution in [-0.4, -0.2) is 59.0 Å². The third kappa shape index (κ3) is 5.90. The average molecular weight is 384 g/mol. The summed E-state index contributed by atoms with van der Waals surface area (Å²) < 4.78 is 33.2. The summed E-state index contributed by atoms with van der Waals surface area (Å²) in [6, 6.07) is 6.01. The number of hydrogen-bond acceptors (Lipinski definition) is 5. The van der Waals surface area contributed by atoms with Gasteiger partial charge in [0.15, 0.2) is 11.5 Å². The van der Waals surface area contributed by atoms with Gasteiger partial charge >= 0.3 is 0 Å². The fraction of sp³-hybridized carbons (Fsp3) is 0.632. The largest absolute Gasteiger partial charge is 0.493 e. The first-order chi connectivity index (χ1) is 12.2. The van der Waals surface area contributed by atoms with Crippen LogP contribution < -0.4 is 9.47 Å². The Hall–Kier alpha value is -1.76. The molecule has 6 nitrogen and oxygen atoms in total. The summed E-state index contributed by atoms with van der Waals surface area (Å²) in [5.41, 5.74) is 1.20. The molecule has 1 saturated carbocycles. The second kappa shape index (κ2) is 8.75. The van der Waals surface area contributed by atoms with Gasteiger partial charge in [-0.15, -0.1) is 0 Å². The molecule has 7 heteroatoms. The summed E-state index contributed by atoms with van der Waals surface area (Å²) in [5, 5.41) is 0. The Morgan fingerprint density at radius 1 is 1.23 bits per heavy atom. The highest BCUT2D eigenvalue weighted by Crippen LogP contribution is 2.46. The van der Waals surface area contributed by atoms with Gasteiger partial charge in [-0.05, 0) is 48.8 Å². The third-order valence-electron chi connectivity index (χ3n) is 4.91.